The molecule has 0 fully saturated rings. The third kappa shape index (κ3) is 3.62. The Kier molecular flexibility index (Phi) is 5.66. The number of benzene rings is 6. The van der Waals surface area contributed by atoms with Crippen molar-refractivity contribution in [2.45, 2.75) is 5.41 Å². The van der Waals surface area contributed by atoms with Gasteiger partial charge in [0.15, 0.2) is 0 Å². The van der Waals surface area contributed by atoms with Gasteiger partial charge in [-0.3, -0.25) is 4.79 Å². The molecule has 3 nitrogen and oxygen atoms in total. The van der Waals surface area contributed by atoms with Gasteiger partial charge in [0.25, 0.3) is 5.91 Å². The summed E-state index contributed by atoms with van der Waals surface area (Å²) in [6, 6.07) is 47.5. The number of fused-ring (bicyclic) bond motifs is 9. The lowest BCUT2D eigenvalue weighted by Crippen LogP contribution is -2.32. The van der Waals surface area contributed by atoms with E-state index in [9.17, 15) is 4.79 Å². The van der Waals surface area contributed by atoms with Gasteiger partial charge in [-0.2, -0.15) is 0 Å². The maximum Gasteiger partial charge on any atom is 0.255 e. The van der Waals surface area contributed by atoms with Crippen LogP contribution in [0.25, 0.3) is 22.3 Å². The molecule has 0 atom stereocenters. The van der Waals surface area contributed by atoms with E-state index in [0.717, 1.165) is 43.9 Å². The number of ether oxygens (including phenoxy) is 1. The van der Waals surface area contributed by atoms with Crippen LogP contribution in [0.4, 0.5) is 5.69 Å². The van der Waals surface area contributed by atoms with Crippen molar-refractivity contribution in [1.29, 1.82) is 0 Å². The first-order valence-corrected chi connectivity index (χ1v) is 14.7. The van der Waals surface area contributed by atoms with Gasteiger partial charge >= 0.3 is 0 Å². The van der Waals surface area contributed by atoms with E-state index in [1.54, 1.807) is 0 Å². The Morgan fingerprint density at radius 2 is 1.14 bits per heavy atom. The van der Waals surface area contributed by atoms with Crippen LogP contribution in [0.3, 0.4) is 0 Å². The topological polar surface area (TPSA) is 38.3 Å². The molecular formula is C38H24BrNO2. The molecule has 0 bridgehead atoms. The van der Waals surface area contributed by atoms with Crippen LogP contribution < -0.4 is 10.1 Å². The Balaban J connectivity index is 1.34. The standard InChI is InChI=1S/C38H24BrNO2/c39-26-20-17-24(18-21-26)37(41)40-34-14-6-2-9-27(34)25-19-22-29-28-10-1-3-11-30(28)38(33(29)23-25)31-12-4-7-15-35(31)42-36-16-8-5-13-32(36)38/h1-23H,(H,40,41). The quantitative estimate of drug-likeness (QED) is 0.217. The third-order valence-electron chi connectivity index (χ3n) is 8.44. The van der Waals surface area contributed by atoms with Gasteiger partial charge < -0.3 is 10.1 Å². The second-order valence-electron chi connectivity index (χ2n) is 10.7. The largest absolute Gasteiger partial charge is 0.457 e. The number of carbonyl (C=O) groups excluding carboxylic acids is 1. The van der Waals surface area contributed by atoms with Crippen LogP contribution in [0.2, 0.25) is 0 Å². The third-order valence-corrected chi connectivity index (χ3v) is 8.97. The molecule has 6 aromatic carbocycles. The molecule has 0 aromatic heterocycles. The molecule has 4 heteroatoms. The molecule has 2 aliphatic rings. The van der Waals surface area contributed by atoms with Gasteiger partial charge in [0.1, 0.15) is 11.5 Å². The molecule has 8 rings (SSSR count). The second kappa shape index (κ2) is 9.57. The average Bonchev–Trinajstić information content (AvgIpc) is 3.32. The Hall–Kier alpha value is -4.93. The highest BCUT2D eigenvalue weighted by atomic mass is 79.9. The number of hydrogen-bond acceptors (Lipinski definition) is 2. The Morgan fingerprint density at radius 1 is 0.571 bits per heavy atom. The van der Waals surface area contributed by atoms with Gasteiger partial charge in [0.05, 0.1) is 5.41 Å². The van der Waals surface area contributed by atoms with Crippen LogP contribution in [0, 0.1) is 0 Å². The molecule has 1 heterocycles. The maximum absolute atomic E-state index is 13.2. The van der Waals surface area contributed by atoms with Gasteiger partial charge in [-0.15, -0.1) is 0 Å². The van der Waals surface area contributed by atoms with Crippen LogP contribution >= 0.6 is 15.9 Å². The molecule has 1 aliphatic heterocycles. The molecular weight excluding hydrogens is 582 g/mol. The first kappa shape index (κ1) is 24.8. The highest BCUT2D eigenvalue weighted by Gasteiger charge is 2.51. The molecule has 42 heavy (non-hydrogen) atoms. The Morgan fingerprint density at radius 3 is 1.86 bits per heavy atom. The number of nitrogens with one attached hydrogen (secondary N) is 1. The highest BCUT2D eigenvalue weighted by Crippen LogP contribution is 2.62. The fourth-order valence-corrected chi connectivity index (χ4v) is 6.93. The van der Waals surface area contributed by atoms with E-state index in [-0.39, 0.29) is 5.91 Å². The zero-order valence-electron chi connectivity index (χ0n) is 22.5. The summed E-state index contributed by atoms with van der Waals surface area (Å²) in [5.41, 5.74) is 9.97. The molecule has 200 valence electrons. The van der Waals surface area contributed by atoms with Gasteiger partial charge in [0, 0.05) is 32.4 Å². The van der Waals surface area contributed by atoms with Gasteiger partial charge in [0.2, 0.25) is 0 Å². The van der Waals surface area contributed by atoms with Crippen LogP contribution in [-0.4, -0.2) is 5.91 Å². The van der Waals surface area contributed by atoms with Crippen LogP contribution in [0.5, 0.6) is 11.5 Å². The normalized spacial score (nSPS) is 13.4. The van der Waals surface area contributed by atoms with Crippen molar-refractivity contribution >= 4 is 27.5 Å². The molecule has 6 aromatic rings. The number of para-hydroxylation sites is 3. The lowest BCUT2D eigenvalue weighted by Gasteiger charge is -2.39. The lowest BCUT2D eigenvalue weighted by atomic mass is 9.66. The second-order valence-corrected chi connectivity index (χ2v) is 11.6. The fourth-order valence-electron chi connectivity index (χ4n) is 6.66. The van der Waals surface area contributed by atoms with Crippen molar-refractivity contribution in [2.75, 3.05) is 5.32 Å². The molecule has 1 amide bonds. The minimum Gasteiger partial charge on any atom is -0.457 e. The fraction of sp³-hybridized carbons (Fsp3) is 0.0263. The van der Waals surface area contributed by atoms with E-state index >= 15 is 0 Å². The predicted octanol–water partition coefficient (Wildman–Crippen LogP) is 9.84. The van der Waals surface area contributed by atoms with Gasteiger partial charge in [-0.05, 0) is 76.3 Å². The number of amides is 1. The molecule has 1 aliphatic carbocycles. The van der Waals surface area contributed by atoms with E-state index in [0.29, 0.717) is 5.56 Å². The number of rotatable bonds is 3. The van der Waals surface area contributed by atoms with Crippen molar-refractivity contribution in [3.63, 3.8) is 0 Å². The van der Waals surface area contributed by atoms with Gasteiger partial charge in [-0.25, -0.2) is 0 Å². The first-order chi connectivity index (χ1) is 20.6. The smallest absolute Gasteiger partial charge is 0.255 e. The molecule has 1 N–H and O–H groups in total. The summed E-state index contributed by atoms with van der Waals surface area (Å²) >= 11 is 3.45. The molecule has 1 spiro atoms. The van der Waals surface area contributed by atoms with E-state index in [1.165, 1.54) is 22.3 Å². The Bertz CT molecular complexity index is 1980. The van der Waals surface area contributed by atoms with E-state index in [1.807, 2.05) is 54.6 Å². The van der Waals surface area contributed by atoms with Crippen molar-refractivity contribution in [2.24, 2.45) is 0 Å². The minimum atomic E-state index is -0.539. The summed E-state index contributed by atoms with van der Waals surface area (Å²) in [6.07, 6.45) is 0. The molecule has 0 unspecified atom stereocenters. The van der Waals surface area contributed by atoms with Crippen molar-refractivity contribution < 1.29 is 9.53 Å². The van der Waals surface area contributed by atoms with E-state index in [2.05, 4.69) is 106 Å². The summed E-state index contributed by atoms with van der Waals surface area (Å²) in [5.74, 6) is 1.59. The minimum absolute atomic E-state index is 0.146. The Labute approximate surface area is 252 Å². The molecule has 0 saturated carbocycles. The van der Waals surface area contributed by atoms with Gasteiger partial charge in [-0.1, -0.05) is 107 Å². The first-order valence-electron chi connectivity index (χ1n) is 13.9. The summed E-state index contributed by atoms with van der Waals surface area (Å²) in [7, 11) is 0. The number of carbonyl (C=O) groups is 1. The number of anilines is 1. The summed E-state index contributed by atoms with van der Waals surface area (Å²) < 4.78 is 7.40. The zero-order valence-corrected chi connectivity index (χ0v) is 24.1. The number of hydrogen-bond donors (Lipinski definition) is 1. The molecule has 0 radical (unpaired) electrons. The lowest BCUT2D eigenvalue weighted by molar-refractivity contribution is 0.102. The zero-order chi connectivity index (χ0) is 28.3. The average molecular weight is 607 g/mol. The maximum atomic E-state index is 13.2. The van der Waals surface area contributed by atoms with Crippen LogP contribution in [0.1, 0.15) is 32.6 Å². The summed E-state index contributed by atoms with van der Waals surface area (Å²) in [5, 5.41) is 3.16. The predicted molar refractivity (Wildman–Crippen MR) is 171 cm³/mol. The molecule has 0 saturated heterocycles. The summed E-state index contributed by atoms with van der Waals surface area (Å²) in [6.45, 7) is 0. The van der Waals surface area contributed by atoms with Crippen LogP contribution in [-0.2, 0) is 5.41 Å². The SMILES string of the molecule is O=C(Nc1ccccc1-c1ccc2c(c1)C1(c3ccccc3Oc3ccccc31)c1ccccc1-2)c1ccc(Br)cc1. The van der Waals surface area contributed by atoms with Crippen molar-refractivity contribution in [3.8, 4) is 33.8 Å². The number of halogens is 1. The summed E-state index contributed by atoms with van der Waals surface area (Å²) in [4.78, 5) is 13.2. The highest BCUT2D eigenvalue weighted by molar-refractivity contribution is 9.10. The monoisotopic (exact) mass is 605 g/mol. The van der Waals surface area contributed by atoms with E-state index in [4.69, 9.17) is 4.74 Å². The van der Waals surface area contributed by atoms with E-state index < -0.39 is 5.41 Å². The van der Waals surface area contributed by atoms with Crippen molar-refractivity contribution in [3.05, 3.63) is 172 Å². The van der Waals surface area contributed by atoms with Crippen molar-refractivity contribution in [1.82, 2.24) is 0 Å². The van der Waals surface area contributed by atoms with Crippen LogP contribution in [0.15, 0.2) is 144 Å².